The predicted octanol–water partition coefficient (Wildman–Crippen LogP) is 2.95. The number of hydrogen-bond donors (Lipinski definition) is 1. The lowest BCUT2D eigenvalue weighted by molar-refractivity contribution is -0.136. The highest BCUT2D eigenvalue weighted by atomic mass is 19.1. The van der Waals surface area contributed by atoms with Crippen LogP contribution in [-0.4, -0.2) is 17.4 Å². The molecule has 0 saturated carbocycles. The van der Waals surface area contributed by atoms with Gasteiger partial charge >= 0.3 is 0 Å². The molecule has 1 atom stereocenters. The lowest BCUT2D eigenvalue weighted by Crippen LogP contribution is -2.37. The maximum atomic E-state index is 13.9. The van der Waals surface area contributed by atoms with Gasteiger partial charge in [-0.05, 0) is 11.6 Å². The van der Waals surface area contributed by atoms with Gasteiger partial charge in [0.25, 0.3) is 0 Å². The average Bonchev–Trinajstić information content (AvgIpc) is 2.55. The quantitative estimate of drug-likeness (QED) is 0.891. The van der Waals surface area contributed by atoms with Crippen LogP contribution >= 0.6 is 0 Å². The van der Waals surface area contributed by atoms with Crippen molar-refractivity contribution in [3.63, 3.8) is 0 Å². The summed E-state index contributed by atoms with van der Waals surface area (Å²) in [5.74, 6) is -0.640. The fourth-order valence-corrected chi connectivity index (χ4v) is 2.26. The Morgan fingerprint density at radius 1 is 1.09 bits per heavy atom. The number of rotatable bonds is 6. The first-order valence-electron chi connectivity index (χ1n) is 7.38. The molecule has 0 radical (unpaired) electrons. The SMILES string of the molecule is CC(CN)C(=O)N(Cc1ccccc1)Cc1ccccc1F. The largest absolute Gasteiger partial charge is 0.334 e. The Hall–Kier alpha value is -2.20. The molecule has 3 nitrogen and oxygen atoms in total. The molecule has 0 aliphatic rings. The Morgan fingerprint density at radius 2 is 1.73 bits per heavy atom. The zero-order valence-electron chi connectivity index (χ0n) is 12.7. The minimum Gasteiger partial charge on any atom is -0.334 e. The van der Waals surface area contributed by atoms with Gasteiger partial charge in [-0.15, -0.1) is 0 Å². The zero-order chi connectivity index (χ0) is 15.9. The van der Waals surface area contributed by atoms with Crippen molar-refractivity contribution in [2.24, 2.45) is 11.7 Å². The van der Waals surface area contributed by atoms with Crippen LogP contribution in [0.4, 0.5) is 4.39 Å². The van der Waals surface area contributed by atoms with Crippen LogP contribution in [0.2, 0.25) is 0 Å². The van der Waals surface area contributed by atoms with Crippen molar-refractivity contribution in [3.8, 4) is 0 Å². The van der Waals surface area contributed by atoms with E-state index >= 15 is 0 Å². The predicted molar refractivity (Wildman–Crippen MR) is 85.3 cm³/mol. The third-order valence-corrected chi connectivity index (χ3v) is 3.62. The second kappa shape index (κ2) is 7.71. The molecule has 0 aliphatic heterocycles. The second-order valence-electron chi connectivity index (χ2n) is 5.41. The first kappa shape index (κ1) is 16.2. The van der Waals surface area contributed by atoms with Gasteiger partial charge in [0.2, 0.25) is 5.91 Å². The summed E-state index contributed by atoms with van der Waals surface area (Å²) in [6.07, 6.45) is 0. The van der Waals surface area contributed by atoms with Crippen LogP contribution in [0.3, 0.4) is 0 Å². The van der Waals surface area contributed by atoms with E-state index in [0.29, 0.717) is 12.1 Å². The van der Waals surface area contributed by atoms with E-state index in [0.717, 1.165) is 5.56 Å². The van der Waals surface area contributed by atoms with Crippen LogP contribution in [0.5, 0.6) is 0 Å². The summed E-state index contributed by atoms with van der Waals surface area (Å²) in [5, 5.41) is 0. The molecule has 0 aromatic heterocycles. The highest BCUT2D eigenvalue weighted by Crippen LogP contribution is 2.15. The summed E-state index contributed by atoms with van der Waals surface area (Å²) >= 11 is 0. The number of nitrogens with zero attached hydrogens (tertiary/aromatic N) is 1. The standard InChI is InChI=1S/C18H21FN2O/c1-14(11-20)18(22)21(12-15-7-3-2-4-8-15)13-16-9-5-6-10-17(16)19/h2-10,14H,11-13,20H2,1H3. The van der Waals surface area contributed by atoms with Gasteiger partial charge in [-0.3, -0.25) is 4.79 Å². The number of carbonyl (C=O) groups is 1. The van der Waals surface area contributed by atoms with Gasteiger partial charge in [-0.2, -0.15) is 0 Å². The summed E-state index contributed by atoms with van der Waals surface area (Å²) in [5.41, 5.74) is 7.13. The van der Waals surface area contributed by atoms with Crippen LogP contribution in [-0.2, 0) is 17.9 Å². The van der Waals surface area contributed by atoms with Gasteiger partial charge < -0.3 is 10.6 Å². The maximum absolute atomic E-state index is 13.9. The molecule has 0 heterocycles. The Labute approximate surface area is 130 Å². The molecule has 1 amide bonds. The monoisotopic (exact) mass is 300 g/mol. The Morgan fingerprint density at radius 3 is 2.36 bits per heavy atom. The van der Waals surface area contributed by atoms with Crippen molar-refractivity contribution in [1.29, 1.82) is 0 Å². The van der Waals surface area contributed by atoms with Crippen molar-refractivity contribution >= 4 is 5.91 Å². The molecule has 0 spiro atoms. The minimum absolute atomic E-state index is 0.0605. The summed E-state index contributed by atoms with van der Waals surface area (Å²) < 4.78 is 13.9. The van der Waals surface area contributed by atoms with Crippen LogP contribution < -0.4 is 5.73 Å². The fourth-order valence-electron chi connectivity index (χ4n) is 2.26. The van der Waals surface area contributed by atoms with Gasteiger partial charge in [-0.1, -0.05) is 55.5 Å². The fraction of sp³-hybridized carbons (Fsp3) is 0.278. The molecule has 0 aliphatic carbocycles. The molecular formula is C18H21FN2O. The summed E-state index contributed by atoms with van der Waals surface area (Å²) in [6.45, 7) is 2.76. The van der Waals surface area contributed by atoms with Gasteiger partial charge in [-0.25, -0.2) is 4.39 Å². The summed E-state index contributed by atoms with van der Waals surface area (Å²) in [7, 11) is 0. The van der Waals surface area contributed by atoms with E-state index in [1.54, 1.807) is 30.0 Å². The van der Waals surface area contributed by atoms with Crippen molar-refractivity contribution in [1.82, 2.24) is 4.90 Å². The van der Waals surface area contributed by atoms with Crippen molar-refractivity contribution < 1.29 is 9.18 Å². The molecule has 22 heavy (non-hydrogen) atoms. The highest BCUT2D eigenvalue weighted by molar-refractivity contribution is 5.78. The molecule has 0 saturated heterocycles. The number of amides is 1. The van der Waals surface area contributed by atoms with Gasteiger partial charge in [0.05, 0.1) is 0 Å². The maximum Gasteiger partial charge on any atom is 0.227 e. The Kier molecular flexibility index (Phi) is 5.67. The second-order valence-corrected chi connectivity index (χ2v) is 5.41. The van der Waals surface area contributed by atoms with E-state index in [1.807, 2.05) is 30.3 Å². The zero-order valence-corrected chi connectivity index (χ0v) is 12.7. The molecule has 2 rings (SSSR count). The topological polar surface area (TPSA) is 46.3 Å². The third kappa shape index (κ3) is 4.15. The molecule has 116 valence electrons. The highest BCUT2D eigenvalue weighted by Gasteiger charge is 2.20. The smallest absolute Gasteiger partial charge is 0.227 e. The van der Waals surface area contributed by atoms with E-state index < -0.39 is 0 Å². The van der Waals surface area contributed by atoms with Gasteiger partial charge in [0.1, 0.15) is 5.82 Å². The molecule has 0 fully saturated rings. The Bertz CT molecular complexity index is 615. The average molecular weight is 300 g/mol. The van der Waals surface area contributed by atoms with Gasteiger partial charge in [0.15, 0.2) is 0 Å². The molecule has 2 aromatic rings. The van der Waals surface area contributed by atoms with Crippen LogP contribution in [0.25, 0.3) is 0 Å². The molecular weight excluding hydrogens is 279 g/mol. The molecule has 1 unspecified atom stereocenters. The first-order valence-corrected chi connectivity index (χ1v) is 7.38. The summed E-state index contributed by atoms with van der Waals surface area (Å²) in [6, 6.07) is 16.2. The lowest BCUT2D eigenvalue weighted by Gasteiger charge is -2.26. The van der Waals surface area contributed by atoms with Crippen LogP contribution in [0.15, 0.2) is 54.6 Å². The lowest BCUT2D eigenvalue weighted by atomic mass is 10.1. The van der Waals surface area contributed by atoms with E-state index in [-0.39, 0.29) is 30.7 Å². The van der Waals surface area contributed by atoms with Crippen LogP contribution in [0.1, 0.15) is 18.1 Å². The van der Waals surface area contributed by atoms with Gasteiger partial charge in [0, 0.05) is 31.1 Å². The molecule has 2 aromatic carbocycles. The van der Waals surface area contributed by atoms with Crippen molar-refractivity contribution in [2.45, 2.75) is 20.0 Å². The van der Waals surface area contributed by atoms with Crippen molar-refractivity contribution in [3.05, 3.63) is 71.5 Å². The summed E-state index contributed by atoms with van der Waals surface area (Å²) in [4.78, 5) is 14.2. The Balaban J connectivity index is 2.21. The number of benzene rings is 2. The molecule has 2 N–H and O–H groups in total. The number of hydrogen-bond acceptors (Lipinski definition) is 2. The van der Waals surface area contributed by atoms with E-state index in [4.69, 9.17) is 5.73 Å². The number of carbonyl (C=O) groups excluding carboxylic acids is 1. The first-order chi connectivity index (χ1) is 10.6. The molecule has 4 heteroatoms. The molecule has 0 bridgehead atoms. The van der Waals surface area contributed by atoms with E-state index in [2.05, 4.69) is 0 Å². The minimum atomic E-state index is -0.297. The van der Waals surface area contributed by atoms with E-state index in [9.17, 15) is 9.18 Å². The number of halogens is 1. The van der Waals surface area contributed by atoms with E-state index in [1.165, 1.54) is 6.07 Å². The number of nitrogens with two attached hydrogens (primary N) is 1. The normalized spacial score (nSPS) is 12.0. The van der Waals surface area contributed by atoms with Crippen LogP contribution in [0, 0.1) is 11.7 Å². The third-order valence-electron chi connectivity index (χ3n) is 3.62. The van der Waals surface area contributed by atoms with Crippen molar-refractivity contribution in [2.75, 3.05) is 6.54 Å².